The van der Waals surface area contributed by atoms with Gasteiger partial charge in [0.25, 0.3) is 0 Å². The standard InChI is InChI=1S/C15H24N2O/c1-15(2,3)8-6-13(17-16)11-4-5-14-12(10-11)7-9-18-14/h4-5,10,13,17H,6-9,16H2,1-3H3. The molecule has 0 radical (unpaired) electrons. The molecule has 1 atom stereocenters. The largest absolute Gasteiger partial charge is 0.493 e. The topological polar surface area (TPSA) is 47.3 Å². The molecule has 1 aromatic carbocycles. The molecule has 3 nitrogen and oxygen atoms in total. The first-order valence-corrected chi connectivity index (χ1v) is 6.71. The summed E-state index contributed by atoms with van der Waals surface area (Å²) in [5, 5.41) is 0. The number of hydrazine groups is 1. The zero-order valence-electron chi connectivity index (χ0n) is 11.6. The van der Waals surface area contributed by atoms with Gasteiger partial charge in [-0.05, 0) is 35.4 Å². The van der Waals surface area contributed by atoms with Crippen LogP contribution in [0.1, 0.15) is 50.8 Å². The maximum Gasteiger partial charge on any atom is 0.122 e. The van der Waals surface area contributed by atoms with Crippen molar-refractivity contribution >= 4 is 0 Å². The van der Waals surface area contributed by atoms with Crippen LogP contribution in [0.2, 0.25) is 0 Å². The van der Waals surface area contributed by atoms with Crippen LogP contribution < -0.4 is 16.0 Å². The zero-order chi connectivity index (χ0) is 13.2. The summed E-state index contributed by atoms with van der Waals surface area (Å²) in [4.78, 5) is 0. The van der Waals surface area contributed by atoms with E-state index >= 15 is 0 Å². The SMILES string of the molecule is CC(C)(C)CCC(NN)c1ccc2c(c1)CCO2. The molecule has 2 rings (SSSR count). The summed E-state index contributed by atoms with van der Waals surface area (Å²) >= 11 is 0. The Morgan fingerprint density at radius 3 is 2.83 bits per heavy atom. The molecule has 0 amide bonds. The summed E-state index contributed by atoms with van der Waals surface area (Å²) in [7, 11) is 0. The highest BCUT2D eigenvalue weighted by atomic mass is 16.5. The second-order valence-corrected chi connectivity index (χ2v) is 6.28. The first kappa shape index (κ1) is 13.4. The molecule has 0 saturated carbocycles. The van der Waals surface area contributed by atoms with E-state index in [1.165, 1.54) is 11.1 Å². The van der Waals surface area contributed by atoms with E-state index in [1.54, 1.807) is 0 Å². The Kier molecular flexibility index (Phi) is 3.93. The van der Waals surface area contributed by atoms with Crippen LogP contribution in [0.4, 0.5) is 0 Å². The van der Waals surface area contributed by atoms with Crippen molar-refractivity contribution in [3.8, 4) is 5.75 Å². The lowest BCUT2D eigenvalue weighted by molar-refractivity contribution is 0.333. The van der Waals surface area contributed by atoms with E-state index in [0.29, 0.717) is 5.41 Å². The highest BCUT2D eigenvalue weighted by Gasteiger charge is 2.18. The van der Waals surface area contributed by atoms with Gasteiger partial charge in [0.1, 0.15) is 5.75 Å². The molecule has 3 heteroatoms. The van der Waals surface area contributed by atoms with E-state index in [1.807, 2.05) is 0 Å². The summed E-state index contributed by atoms with van der Waals surface area (Å²) in [6.45, 7) is 7.59. The fourth-order valence-electron chi connectivity index (χ4n) is 2.35. The molecule has 18 heavy (non-hydrogen) atoms. The first-order chi connectivity index (χ1) is 8.49. The smallest absolute Gasteiger partial charge is 0.122 e. The minimum absolute atomic E-state index is 0.232. The minimum atomic E-state index is 0.232. The number of nitrogens with one attached hydrogen (secondary N) is 1. The number of hydrogen-bond acceptors (Lipinski definition) is 3. The van der Waals surface area contributed by atoms with Crippen LogP contribution in [0.15, 0.2) is 18.2 Å². The van der Waals surface area contributed by atoms with Crippen molar-refractivity contribution in [2.75, 3.05) is 6.61 Å². The summed E-state index contributed by atoms with van der Waals surface area (Å²) in [5.74, 6) is 6.73. The Hall–Kier alpha value is -1.06. The van der Waals surface area contributed by atoms with E-state index in [-0.39, 0.29) is 6.04 Å². The Bertz CT molecular complexity index is 409. The number of ether oxygens (including phenoxy) is 1. The lowest BCUT2D eigenvalue weighted by Gasteiger charge is -2.23. The van der Waals surface area contributed by atoms with Crippen LogP contribution in [0.25, 0.3) is 0 Å². The Labute approximate surface area is 110 Å². The fraction of sp³-hybridized carbons (Fsp3) is 0.600. The number of rotatable bonds is 4. The van der Waals surface area contributed by atoms with Gasteiger partial charge in [0, 0.05) is 12.5 Å². The Morgan fingerprint density at radius 1 is 1.39 bits per heavy atom. The molecule has 1 heterocycles. The monoisotopic (exact) mass is 248 g/mol. The van der Waals surface area contributed by atoms with Gasteiger partial charge in [-0.1, -0.05) is 32.9 Å². The van der Waals surface area contributed by atoms with Crippen molar-refractivity contribution < 1.29 is 4.74 Å². The molecular weight excluding hydrogens is 224 g/mol. The van der Waals surface area contributed by atoms with E-state index < -0.39 is 0 Å². The lowest BCUT2D eigenvalue weighted by atomic mass is 9.87. The van der Waals surface area contributed by atoms with Gasteiger partial charge < -0.3 is 4.74 Å². The van der Waals surface area contributed by atoms with Crippen LogP contribution in [0.3, 0.4) is 0 Å². The molecular formula is C15H24N2O. The van der Waals surface area contributed by atoms with Crippen molar-refractivity contribution in [2.45, 2.75) is 46.1 Å². The van der Waals surface area contributed by atoms with Gasteiger partial charge in [-0.2, -0.15) is 0 Å². The number of hydrogen-bond donors (Lipinski definition) is 2. The molecule has 1 aliphatic heterocycles. The Morgan fingerprint density at radius 2 is 2.17 bits per heavy atom. The van der Waals surface area contributed by atoms with Crippen LogP contribution in [0.5, 0.6) is 5.75 Å². The third-order valence-electron chi connectivity index (χ3n) is 3.50. The van der Waals surface area contributed by atoms with E-state index in [2.05, 4.69) is 44.4 Å². The number of benzene rings is 1. The van der Waals surface area contributed by atoms with E-state index in [0.717, 1.165) is 31.6 Å². The van der Waals surface area contributed by atoms with Gasteiger partial charge >= 0.3 is 0 Å². The predicted octanol–water partition coefficient (Wildman–Crippen LogP) is 2.95. The molecule has 1 aliphatic rings. The predicted molar refractivity (Wildman–Crippen MR) is 74.4 cm³/mol. The third kappa shape index (κ3) is 3.24. The molecule has 0 aromatic heterocycles. The molecule has 0 fully saturated rings. The van der Waals surface area contributed by atoms with Crippen LogP contribution in [0, 0.1) is 5.41 Å². The summed E-state index contributed by atoms with van der Waals surface area (Å²) < 4.78 is 5.53. The highest BCUT2D eigenvalue weighted by Crippen LogP contribution is 2.31. The van der Waals surface area contributed by atoms with Crippen molar-refractivity contribution in [2.24, 2.45) is 11.3 Å². The molecule has 1 unspecified atom stereocenters. The van der Waals surface area contributed by atoms with Crippen molar-refractivity contribution in [1.29, 1.82) is 0 Å². The molecule has 0 aliphatic carbocycles. The van der Waals surface area contributed by atoms with Crippen LogP contribution in [-0.4, -0.2) is 6.61 Å². The lowest BCUT2D eigenvalue weighted by Crippen LogP contribution is -2.29. The molecule has 0 spiro atoms. The molecule has 3 N–H and O–H groups in total. The summed E-state index contributed by atoms with van der Waals surface area (Å²) in [5.41, 5.74) is 5.86. The molecule has 0 bridgehead atoms. The summed E-state index contributed by atoms with van der Waals surface area (Å²) in [6, 6.07) is 6.65. The normalized spacial score (nSPS) is 16.2. The molecule has 100 valence electrons. The second kappa shape index (κ2) is 5.29. The van der Waals surface area contributed by atoms with Gasteiger partial charge in [0.15, 0.2) is 0 Å². The van der Waals surface area contributed by atoms with Crippen molar-refractivity contribution in [3.05, 3.63) is 29.3 Å². The third-order valence-corrected chi connectivity index (χ3v) is 3.50. The fourth-order valence-corrected chi connectivity index (χ4v) is 2.35. The maximum absolute atomic E-state index is 5.70. The zero-order valence-corrected chi connectivity index (χ0v) is 11.6. The van der Waals surface area contributed by atoms with Crippen molar-refractivity contribution in [3.63, 3.8) is 0 Å². The number of fused-ring (bicyclic) bond motifs is 1. The average molecular weight is 248 g/mol. The van der Waals surface area contributed by atoms with Gasteiger partial charge in [-0.3, -0.25) is 11.3 Å². The van der Waals surface area contributed by atoms with Crippen LogP contribution >= 0.6 is 0 Å². The quantitative estimate of drug-likeness (QED) is 0.636. The highest BCUT2D eigenvalue weighted by molar-refractivity contribution is 5.40. The molecule has 0 saturated heterocycles. The second-order valence-electron chi connectivity index (χ2n) is 6.28. The average Bonchev–Trinajstić information content (AvgIpc) is 2.75. The van der Waals surface area contributed by atoms with Gasteiger partial charge in [0.05, 0.1) is 6.61 Å². The maximum atomic E-state index is 5.70. The van der Waals surface area contributed by atoms with Gasteiger partial charge in [0.2, 0.25) is 0 Å². The summed E-state index contributed by atoms with van der Waals surface area (Å²) in [6.07, 6.45) is 3.22. The first-order valence-electron chi connectivity index (χ1n) is 6.71. The van der Waals surface area contributed by atoms with Crippen molar-refractivity contribution in [1.82, 2.24) is 5.43 Å². The number of nitrogens with two attached hydrogens (primary N) is 1. The van der Waals surface area contributed by atoms with Gasteiger partial charge in [-0.15, -0.1) is 0 Å². The minimum Gasteiger partial charge on any atom is -0.493 e. The van der Waals surface area contributed by atoms with Gasteiger partial charge in [-0.25, -0.2) is 0 Å². The van der Waals surface area contributed by atoms with E-state index in [4.69, 9.17) is 10.6 Å². The molecule has 1 aromatic rings. The Balaban J connectivity index is 2.08. The van der Waals surface area contributed by atoms with E-state index in [9.17, 15) is 0 Å². The van der Waals surface area contributed by atoms with Crippen LogP contribution in [-0.2, 0) is 6.42 Å².